The number of allylic oxidation sites excluding steroid dienone is 3. The number of nitrogens with zero attached hydrogens (tertiary/aromatic N) is 1. The van der Waals surface area contributed by atoms with E-state index in [1.807, 2.05) is 0 Å². The fourth-order valence-corrected chi connectivity index (χ4v) is 7.05. The second-order valence-corrected chi connectivity index (χ2v) is 11.3. The molecule has 26 heavy (non-hydrogen) atoms. The Labute approximate surface area is 161 Å². The Morgan fingerprint density at radius 3 is 2.65 bits per heavy atom. The van der Waals surface area contributed by atoms with E-state index in [9.17, 15) is 18.0 Å². The van der Waals surface area contributed by atoms with Gasteiger partial charge >= 0.3 is 6.18 Å². The van der Waals surface area contributed by atoms with Crippen LogP contribution < -0.4 is 5.32 Å². The highest BCUT2D eigenvalue weighted by Crippen LogP contribution is 2.64. The number of nitrogens with one attached hydrogen (secondary N) is 1. The zero-order chi connectivity index (χ0) is 18.9. The maximum atomic E-state index is 13.0. The van der Waals surface area contributed by atoms with Crippen LogP contribution in [0.1, 0.15) is 40.0 Å². The minimum absolute atomic E-state index is 0.232. The van der Waals surface area contributed by atoms with Crippen LogP contribution in [0, 0.1) is 23.2 Å². The lowest BCUT2D eigenvalue weighted by Crippen LogP contribution is -2.44. The van der Waals surface area contributed by atoms with Gasteiger partial charge in [0.1, 0.15) is 11.4 Å². The van der Waals surface area contributed by atoms with Crippen molar-refractivity contribution in [2.24, 2.45) is 28.2 Å². The van der Waals surface area contributed by atoms with E-state index in [0.29, 0.717) is 21.3 Å². The quantitative estimate of drug-likeness (QED) is 0.554. The van der Waals surface area contributed by atoms with Gasteiger partial charge in [0.25, 0.3) is 5.91 Å². The molecule has 4 atom stereocenters. The van der Waals surface area contributed by atoms with E-state index in [1.165, 1.54) is 0 Å². The highest BCUT2D eigenvalue weighted by molar-refractivity contribution is 14.2. The molecule has 4 unspecified atom stereocenters. The molecular formula is C19H22F3IN2O. The van der Waals surface area contributed by atoms with Crippen LogP contribution in [0.4, 0.5) is 13.2 Å². The third kappa shape index (κ3) is 3.10. The number of aliphatic imine (C=N–C) groups is 1. The molecule has 0 aromatic rings. The molecule has 142 valence electrons. The van der Waals surface area contributed by atoms with Gasteiger partial charge in [0, 0.05) is 3.58 Å². The number of hydrogen-bond acceptors (Lipinski definition) is 2. The number of carbonyl (C=O) groups excluding carboxylic acids is 1. The van der Waals surface area contributed by atoms with Crippen molar-refractivity contribution in [3.8, 4) is 0 Å². The van der Waals surface area contributed by atoms with Crippen LogP contribution >= 0.6 is 20.7 Å². The molecule has 2 fully saturated rings. The Kier molecular flexibility index (Phi) is 4.07. The monoisotopic (exact) mass is 478 g/mol. The molecule has 2 saturated carbocycles. The summed E-state index contributed by atoms with van der Waals surface area (Å²) in [7, 11) is 0. The first-order valence-corrected chi connectivity index (χ1v) is 11.2. The smallest absolute Gasteiger partial charge is 0.326 e. The Hall–Kier alpha value is -0.990. The van der Waals surface area contributed by atoms with Crippen LogP contribution in [-0.2, 0) is 4.79 Å². The first-order chi connectivity index (χ1) is 12.0. The normalized spacial score (nSPS) is 36.6. The lowest BCUT2D eigenvalue weighted by Gasteiger charge is -2.30. The molecule has 2 heterocycles. The number of carbonyl (C=O) groups is 1. The molecule has 3 nitrogen and oxygen atoms in total. The van der Waals surface area contributed by atoms with Crippen molar-refractivity contribution in [3.63, 3.8) is 0 Å². The van der Waals surface area contributed by atoms with Gasteiger partial charge in [-0.05, 0) is 58.6 Å². The lowest BCUT2D eigenvalue weighted by atomic mass is 9.87. The first-order valence-electron chi connectivity index (χ1n) is 8.89. The van der Waals surface area contributed by atoms with Gasteiger partial charge in [0.2, 0.25) is 0 Å². The summed E-state index contributed by atoms with van der Waals surface area (Å²) in [5.41, 5.74) is -0.823. The highest BCUT2D eigenvalue weighted by Gasteiger charge is 2.61. The Bertz CT molecular complexity index is 788. The molecule has 0 bridgehead atoms. The predicted octanol–water partition coefficient (Wildman–Crippen LogP) is 4.50. The summed E-state index contributed by atoms with van der Waals surface area (Å²) in [6.07, 6.45) is 0.455. The SMILES string of the molecule is CC(C)(C)C1C2CCC3(CC21)N=C(C1=CC(C(F)(F)F)=CC=I1)C(=O)N3. The maximum Gasteiger partial charge on any atom is 0.416 e. The molecule has 0 saturated heterocycles. The van der Waals surface area contributed by atoms with Gasteiger partial charge < -0.3 is 5.32 Å². The summed E-state index contributed by atoms with van der Waals surface area (Å²) in [5.74, 6) is 1.59. The van der Waals surface area contributed by atoms with Crippen LogP contribution in [0.25, 0.3) is 0 Å². The van der Waals surface area contributed by atoms with E-state index in [0.717, 1.165) is 31.4 Å². The summed E-state index contributed by atoms with van der Waals surface area (Å²) in [6.45, 7) is 6.76. The van der Waals surface area contributed by atoms with Crippen LogP contribution in [0.2, 0.25) is 0 Å². The number of halogens is 4. The van der Waals surface area contributed by atoms with Gasteiger partial charge in [-0.15, -0.1) is 0 Å². The third-order valence-electron chi connectivity index (χ3n) is 5.94. The van der Waals surface area contributed by atoms with Crippen LogP contribution in [0.15, 0.2) is 26.3 Å². The highest BCUT2D eigenvalue weighted by atomic mass is 127. The maximum absolute atomic E-state index is 13.0. The van der Waals surface area contributed by atoms with Crippen molar-refractivity contribution in [2.75, 3.05) is 0 Å². The molecule has 4 rings (SSSR count). The van der Waals surface area contributed by atoms with Gasteiger partial charge in [-0.25, -0.2) is 0 Å². The molecular weight excluding hydrogens is 456 g/mol. The van der Waals surface area contributed by atoms with Crippen molar-refractivity contribution in [1.82, 2.24) is 5.32 Å². The van der Waals surface area contributed by atoms with Crippen molar-refractivity contribution in [2.45, 2.75) is 51.9 Å². The average Bonchev–Trinajstić information content (AvgIpc) is 3.16. The van der Waals surface area contributed by atoms with E-state index in [2.05, 4.69) is 26.1 Å². The van der Waals surface area contributed by atoms with E-state index >= 15 is 0 Å². The Morgan fingerprint density at radius 2 is 2.00 bits per heavy atom. The minimum Gasteiger partial charge on any atom is -0.326 e. The summed E-state index contributed by atoms with van der Waals surface area (Å²) in [5, 5.41) is 3.02. The van der Waals surface area contributed by atoms with E-state index in [4.69, 9.17) is 4.99 Å². The minimum atomic E-state index is -4.40. The Balaban J connectivity index is 1.59. The predicted molar refractivity (Wildman–Crippen MR) is 104 cm³/mol. The lowest BCUT2D eigenvalue weighted by molar-refractivity contribution is -0.115. The first kappa shape index (κ1) is 18.4. The second-order valence-electron chi connectivity index (χ2n) is 8.76. The largest absolute Gasteiger partial charge is 0.416 e. The molecule has 7 heteroatoms. The van der Waals surface area contributed by atoms with Gasteiger partial charge in [0.15, 0.2) is 0 Å². The van der Waals surface area contributed by atoms with Gasteiger partial charge in [0.05, 0.1) is 5.57 Å². The van der Waals surface area contributed by atoms with Crippen molar-refractivity contribution >= 4 is 36.4 Å². The van der Waals surface area contributed by atoms with Crippen molar-refractivity contribution in [3.05, 3.63) is 21.3 Å². The second kappa shape index (κ2) is 5.75. The number of hydrogen-bond donors (Lipinski definition) is 1. The molecule has 1 N–H and O–H groups in total. The molecule has 4 aliphatic rings. The zero-order valence-electron chi connectivity index (χ0n) is 15.0. The Morgan fingerprint density at radius 1 is 1.27 bits per heavy atom. The summed E-state index contributed by atoms with van der Waals surface area (Å²) in [6, 6.07) is 0. The van der Waals surface area contributed by atoms with Crippen LogP contribution in [0.3, 0.4) is 0 Å². The number of fused-ring (bicyclic) bond motifs is 1. The molecule has 0 aromatic carbocycles. The fourth-order valence-electron chi connectivity index (χ4n) is 4.92. The van der Waals surface area contributed by atoms with E-state index < -0.39 is 38.1 Å². The molecule has 2 aliphatic carbocycles. The molecule has 0 radical (unpaired) electrons. The summed E-state index contributed by atoms with van der Waals surface area (Å²) < 4.78 is 41.0. The third-order valence-corrected chi connectivity index (χ3v) is 8.15. The number of alkyl halides is 3. The van der Waals surface area contributed by atoms with Crippen LogP contribution in [-0.4, -0.2) is 27.5 Å². The number of amides is 1. The molecule has 0 aromatic heterocycles. The fraction of sp³-hybridized carbons (Fsp3) is 0.632. The van der Waals surface area contributed by atoms with Crippen molar-refractivity contribution in [1.29, 1.82) is 0 Å². The van der Waals surface area contributed by atoms with Gasteiger partial charge in [-0.3, -0.25) is 9.79 Å². The van der Waals surface area contributed by atoms with Gasteiger partial charge in [-0.2, -0.15) is 13.2 Å². The molecule has 1 spiro atoms. The zero-order valence-corrected chi connectivity index (χ0v) is 17.1. The van der Waals surface area contributed by atoms with Crippen LogP contribution in [0.5, 0.6) is 0 Å². The average molecular weight is 478 g/mol. The number of rotatable bonds is 1. The molecule has 2 aliphatic heterocycles. The van der Waals surface area contributed by atoms with Gasteiger partial charge in [-0.1, -0.05) is 41.5 Å². The summed E-state index contributed by atoms with van der Waals surface area (Å²) >= 11 is -0.767. The van der Waals surface area contributed by atoms with E-state index in [1.54, 1.807) is 4.01 Å². The van der Waals surface area contributed by atoms with E-state index in [-0.39, 0.29) is 17.0 Å². The topological polar surface area (TPSA) is 41.5 Å². The summed E-state index contributed by atoms with van der Waals surface area (Å²) in [4.78, 5) is 17.2. The molecule has 1 amide bonds. The standard InChI is InChI=1S/C19H22F3IN2O/c1-17(2,3)14-11-4-6-18(9-12(11)14)24-15(16(26)25-18)13-8-10(5-7-23-13)19(20,21)22/h5,7-8,11-12,14H,4,6,9H2,1-3H3,(H,25,26). The van der Waals surface area contributed by atoms with Crippen molar-refractivity contribution < 1.29 is 18.0 Å².